The summed E-state index contributed by atoms with van der Waals surface area (Å²) in [7, 11) is 1.56. The molecule has 0 saturated heterocycles. The van der Waals surface area contributed by atoms with Gasteiger partial charge in [-0.3, -0.25) is 9.59 Å². The zero-order valence-electron chi connectivity index (χ0n) is 17.5. The Morgan fingerprint density at radius 1 is 1.17 bits per heavy atom. The molecule has 0 atom stereocenters. The van der Waals surface area contributed by atoms with Crippen molar-refractivity contribution in [3.8, 4) is 11.5 Å². The van der Waals surface area contributed by atoms with Crippen LogP contribution in [0.3, 0.4) is 0 Å². The first-order chi connectivity index (χ1) is 14.3. The first-order valence-electron chi connectivity index (χ1n) is 9.51. The van der Waals surface area contributed by atoms with Crippen molar-refractivity contribution in [2.24, 2.45) is 5.10 Å². The van der Waals surface area contributed by atoms with Crippen LogP contribution in [0.25, 0.3) is 0 Å². The number of benzene rings is 2. The van der Waals surface area contributed by atoms with Gasteiger partial charge in [0, 0.05) is 18.5 Å². The van der Waals surface area contributed by atoms with Gasteiger partial charge in [0.25, 0.3) is 0 Å². The van der Waals surface area contributed by atoms with Gasteiger partial charge in [-0.25, -0.2) is 5.43 Å². The second-order valence-corrected chi connectivity index (χ2v) is 7.71. The molecule has 0 saturated carbocycles. The van der Waals surface area contributed by atoms with E-state index in [0.29, 0.717) is 17.1 Å². The Balaban J connectivity index is 1.87. The highest BCUT2D eigenvalue weighted by Gasteiger charge is 2.13. The second-order valence-electron chi connectivity index (χ2n) is 6.86. The number of ether oxygens (including phenoxy) is 2. The molecule has 0 aliphatic carbocycles. The zero-order chi connectivity index (χ0) is 22.1. The van der Waals surface area contributed by atoms with E-state index >= 15 is 0 Å². The van der Waals surface area contributed by atoms with Crippen LogP contribution in [0.4, 0.5) is 5.69 Å². The maximum absolute atomic E-state index is 12.0. The summed E-state index contributed by atoms with van der Waals surface area (Å²) in [6.45, 7) is 5.77. The number of carbonyl (C=O) groups is 2. The third kappa shape index (κ3) is 7.18. The van der Waals surface area contributed by atoms with Crippen molar-refractivity contribution >= 4 is 39.6 Å². The third-order valence-electron chi connectivity index (χ3n) is 4.01. The van der Waals surface area contributed by atoms with E-state index in [0.717, 1.165) is 15.7 Å². The number of carbonyl (C=O) groups excluding carboxylic acids is 2. The van der Waals surface area contributed by atoms with Crippen molar-refractivity contribution in [2.75, 3.05) is 12.4 Å². The van der Waals surface area contributed by atoms with Crippen molar-refractivity contribution < 1.29 is 19.1 Å². The van der Waals surface area contributed by atoms with Gasteiger partial charge in [0.2, 0.25) is 11.8 Å². The second kappa shape index (κ2) is 11.3. The van der Waals surface area contributed by atoms with E-state index in [1.165, 1.54) is 6.21 Å². The molecule has 0 aliphatic rings. The molecule has 160 valence electrons. The number of nitrogens with zero attached hydrogens (tertiary/aromatic N) is 1. The highest BCUT2D eigenvalue weighted by atomic mass is 79.9. The molecular weight excluding hydrogens is 450 g/mol. The minimum Gasteiger partial charge on any atom is -0.493 e. The molecule has 0 radical (unpaired) electrons. The topological polar surface area (TPSA) is 89.0 Å². The van der Waals surface area contributed by atoms with Gasteiger partial charge in [0.15, 0.2) is 11.5 Å². The van der Waals surface area contributed by atoms with E-state index in [9.17, 15) is 9.59 Å². The lowest BCUT2D eigenvalue weighted by Crippen LogP contribution is -2.20. The molecule has 0 fully saturated rings. The number of halogens is 1. The number of hydrogen-bond donors (Lipinski definition) is 2. The van der Waals surface area contributed by atoms with Gasteiger partial charge in [-0.05, 0) is 66.0 Å². The molecule has 2 amide bonds. The number of methoxy groups -OCH3 is 1. The first-order valence-corrected chi connectivity index (χ1v) is 10.3. The maximum atomic E-state index is 12.0. The summed E-state index contributed by atoms with van der Waals surface area (Å²) in [6.07, 6.45) is 1.59. The van der Waals surface area contributed by atoms with Crippen molar-refractivity contribution in [2.45, 2.75) is 39.7 Å². The molecule has 0 spiro atoms. The number of nitrogens with one attached hydrogen (secondary N) is 2. The quantitative estimate of drug-likeness (QED) is 0.414. The molecule has 2 aromatic carbocycles. The van der Waals surface area contributed by atoms with Crippen molar-refractivity contribution in [1.29, 1.82) is 0 Å². The van der Waals surface area contributed by atoms with E-state index < -0.39 is 0 Å². The molecule has 2 aromatic rings. The normalized spacial score (nSPS) is 10.9. The summed E-state index contributed by atoms with van der Waals surface area (Å²) >= 11 is 3.46. The Morgan fingerprint density at radius 2 is 1.87 bits per heavy atom. The van der Waals surface area contributed by atoms with Gasteiger partial charge in [0.05, 0.1) is 23.9 Å². The van der Waals surface area contributed by atoms with Crippen LogP contribution in [0.5, 0.6) is 11.5 Å². The van der Waals surface area contributed by atoms with Crippen LogP contribution in [0.15, 0.2) is 46.0 Å². The summed E-state index contributed by atoms with van der Waals surface area (Å²) in [5.41, 5.74) is 4.85. The van der Waals surface area contributed by atoms with Gasteiger partial charge < -0.3 is 14.8 Å². The summed E-state index contributed by atoms with van der Waals surface area (Å²) < 4.78 is 11.8. The van der Waals surface area contributed by atoms with Gasteiger partial charge in [0.1, 0.15) is 0 Å². The Labute approximate surface area is 185 Å². The molecule has 2 rings (SSSR count). The van der Waals surface area contributed by atoms with E-state index in [1.807, 2.05) is 51.1 Å². The summed E-state index contributed by atoms with van der Waals surface area (Å²) in [6, 6.07) is 11.0. The van der Waals surface area contributed by atoms with E-state index in [1.54, 1.807) is 13.2 Å². The number of para-hydroxylation sites is 1. The van der Waals surface area contributed by atoms with E-state index in [-0.39, 0.29) is 30.8 Å². The van der Waals surface area contributed by atoms with E-state index in [2.05, 4.69) is 31.8 Å². The van der Waals surface area contributed by atoms with Crippen LogP contribution in [0.1, 0.15) is 37.8 Å². The fourth-order valence-electron chi connectivity index (χ4n) is 2.55. The molecule has 0 unspecified atom stereocenters. The minimum atomic E-state index is -0.350. The molecular formula is C22H26BrN3O4. The summed E-state index contributed by atoms with van der Waals surface area (Å²) in [4.78, 5) is 24.0. The Morgan fingerprint density at radius 3 is 2.53 bits per heavy atom. The van der Waals surface area contributed by atoms with Gasteiger partial charge in [-0.1, -0.05) is 18.2 Å². The number of anilines is 1. The van der Waals surface area contributed by atoms with Crippen LogP contribution in [-0.2, 0) is 9.59 Å². The highest BCUT2D eigenvalue weighted by Crippen LogP contribution is 2.36. The Hall–Kier alpha value is -2.87. The van der Waals surface area contributed by atoms with Crippen molar-refractivity contribution in [3.63, 3.8) is 0 Å². The lowest BCUT2D eigenvalue weighted by Gasteiger charge is -2.15. The predicted molar refractivity (Wildman–Crippen MR) is 121 cm³/mol. The third-order valence-corrected chi connectivity index (χ3v) is 4.60. The van der Waals surface area contributed by atoms with Crippen molar-refractivity contribution in [3.05, 3.63) is 52.0 Å². The molecule has 0 heterocycles. The molecule has 7 nitrogen and oxygen atoms in total. The Kier molecular flexibility index (Phi) is 8.86. The SMILES string of the molecule is COc1cc(C=NNC(=O)CCC(=O)Nc2ccccc2C)cc(Br)c1OC(C)C. The van der Waals surface area contributed by atoms with Crippen LogP contribution in [0, 0.1) is 6.92 Å². The lowest BCUT2D eigenvalue weighted by molar-refractivity contribution is -0.124. The van der Waals surface area contributed by atoms with Crippen molar-refractivity contribution in [1.82, 2.24) is 5.43 Å². The average molecular weight is 476 g/mol. The summed E-state index contributed by atoms with van der Waals surface area (Å²) in [5.74, 6) is 0.585. The standard InChI is InChI=1S/C22H26BrN3O4/c1-14(2)30-22-17(23)11-16(12-19(22)29-4)13-24-26-21(28)10-9-20(27)25-18-8-6-5-7-15(18)3/h5-8,11-14H,9-10H2,1-4H3,(H,25,27)(H,26,28). The molecule has 0 aliphatic heterocycles. The maximum Gasteiger partial charge on any atom is 0.240 e. The minimum absolute atomic E-state index is 0.00277. The van der Waals surface area contributed by atoms with Crippen LogP contribution in [0.2, 0.25) is 0 Å². The van der Waals surface area contributed by atoms with Crippen LogP contribution in [-0.4, -0.2) is 31.2 Å². The number of hydrazone groups is 1. The highest BCUT2D eigenvalue weighted by molar-refractivity contribution is 9.10. The fourth-order valence-corrected chi connectivity index (χ4v) is 3.11. The molecule has 0 bridgehead atoms. The average Bonchev–Trinajstić information content (AvgIpc) is 2.69. The number of amides is 2. The first kappa shape index (κ1) is 23.4. The zero-order valence-corrected chi connectivity index (χ0v) is 19.1. The molecule has 0 aromatic heterocycles. The van der Waals surface area contributed by atoms with Gasteiger partial charge >= 0.3 is 0 Å². The smallest absolute Gasteiger partial charge is 0.240 e. The van der Waals surface area contributed by atoms with Gasteiger partial charge in [-0.15, -0.1) is 0 Å². The molecule has 30 heavy (non-hydrogen) atoms. The predicted octanol–water partition coefficient (Wildman–Crippen LogP) is 4.42. The Bertz CT molecular complexity index is 929. The number of aryl methyl sites for hydroxylation is 1. The number of hydrogen-bond acceptors (Lipinski definition) is 5. The fraction of sp³-hybridized carbons (Fsp3) is 0.318. The van der Waals surface area contributed by atoms with Crippen LogP contribution >= 0.6 is 15.9 Å². The number of rotatable bonds is 9. The monoisotopic (exact) mass is 475 g/mol. The lowest BCUT2D eigenvalue weighted by atomic mass is 10.2. The van der Waals surface area contributed by atoms with Gasteiger partial charge in [-0.2, -0.15) is 5.10 Å². The summed E-state index contributed by atoms with van der Waals surface area (Å²) in [5, 5.41) is 6.75. The molecule has 2 N–H and O–H groups in total. The largest absolute Gasteiger partial charge is 0.493 e. The van der Waals surface area contributed by atoms with Crippen LogP contribution < -0.4 is 20.2 Å². The molecule has 8 heteroatoms. The van der Waals surface area contributed by atoms with E-state index in [4.69, 9.17) is 9.47 Å².